The van der Waals surface area contributed by atoms with Crippen molar-refractivity contribution in [2.24, 2.45) is 0 Å². The van der Waals surface area contributed by atoms with E-state index < -0.39 is 0 Å². The lowest BCUT2D eigenvalue weighted by atomic mass is 10.2. The summed E-state index contributed by atoms with van der Waals surface area (Å²) in [7, 11) is 0. The molecule has 78 valence electrons. The van der Waals surface area contributed by atoms with Gasteiger partial charge in [0.25, 0.3) is 0 Å². The Kier molecular flexibility index (Phi) is 2.00. The van der Waals surface area contributed by atoms with Gasteiger partial charge in [-0.2, -0.15) is 4.37 Å². The SMILES string of the molecule is O=C(c1ccccn1)c1nsc2nccn12. The van der Waals surface area contributed by atoms with Crippen LogP contribution in [-0.2, 0) is 0 Å². The molecule has 3 aromatic heterocycles. The molecular weight excluding hydrogens is 224 g/mol. The molecule has 0 N–H and O–H groups in total. The van der Waals surface area contributed by atoms with Crippen molar-refractivity contribution in [3.63, 3.8) is 0 Å². The predicted octanol–water partition coefficient (Wildman–Crippen LogP) is 1.42. The van der Waals surface area contributed by atoms with E-state index in [9.17, 15) is 4.79 Å². The lowest BCUT2D eigenvalue weighted by Crippen LogP contribution is -2.07. The standard InChI is InChI=1S/C10H6N4OS/c15-8(7-3-1-2-4-11-7)9-13-16-10-12-5-6-14(9)10/h1-6H. The minimum Gasteiger partial charge on any atom is -0.283 e. The molecule has 0 aromatic carbocycles. The first kappa shape index (κ1) is 9.17. The van der Waals surface area contributed by atoms with Crippen LogP contribution in [0.5, 0.6) is 0 Å². The van der Waals surface area contributed by atoms with Crippen molar-refractivity contribution < 1.29 is 4.79 Å². The first-order chi connectivity index (χ1) is 7.86. The fourth-order valence-electron chi connectivity index (χ4n) is 1.41. The van der Waals surface area contributed by atoms with E-state index in [-0.39, 0.29) is 5.78 Å². The predicted molar refractivity (Wildman–Crippen MR) is 58.5 cm³/mol. The maximum atomic E-state index is 12.1. The highest BCUT2D eigenvalue weighted by molar-refractivity contribution is 7.11. The van der Waals surface area contributed by atoms with Gasteiger partial charge in [0.2, 0.25) is 16.6 Å². The number of carbonyl (C=O) groups is 1. The van der Waals surface area contributed by atoms with Crippen LogP contribution in [0.2, 0.25) is 0 Å². The Balaban J connectivity index is 2.12. The van der Waals surface area contributed by atoms with Gasteiger partial charge >= 0.3 is 0 Å². The lowest BCUT2D eigenvalue weighted by molar-refractivity contribution is 0.102. The molecule has 0 aliphatic heterocycles. The molecule has 0 aliphatic rings. The van der Waals surface area contributed by atoms with Crippen molar-refractivity contribution in [2.45, 2.75) is 0 Å². The van der Waals surface area contributed by atoms with E-state index >= 15 is 0 Å². The van der Waals surface area contributed by atoms with Crippen LogP contribution in [0.1, 0.15) is 16.3 Å². The van der Waals surface area contributed by atoms with Crippen LogP contribution in [0.4, 0.5) is 0 Å². The molecule has 16 heavy (non-hydrogen) atoms. The van der Waals surface area contributed by atoms with Crippen LogP contribution < -0.4 is 0 Å². The summed E-state index contributed by atoms with van der Waals surface area (Å²) < 4.78 is 5.75. The highest BCUT2D eigenvalue weighted by atomic mass is 32.1. The number of hydrogen-bond donors (Lipinski definition) is 0. The summed E-state index contributed by atoms with van der Waals surface area (Å²) in [5.41, 5.74) is 0.392. The number of pyridine rings is 1. The average molecular weight is 230 g/mol. The Labute approximate surface area is 94.6 Å². The van der Waals surface area contributed by atoms with Crippen molar-refractivity contribution in [1.29, 1.82) is 0 Å². The second kappa shape index (κ2) is 3.49. The molecule has 0 aliphatic carbocycles. The van der Waals surface area contributed by atoms with E-state index in [1.807, 2.05) is 0 Å². The van der Waals surface area contributed by atoms with E-state index in [2.05, 4.69) is 14.3 Å². The highest BCUT2D eigenvalue weighted by Gasteiger charge is 2.17. The minimum absolute atomic E-state index is 0.190. The van der Waals surface area contributed by atoms with Gasteiger partial charge in [-0.25, -0.2) is 4.98 Å². The topological polar surface area (TPSA) is 60.2 Å². The van der Waals surface area contributed by atoms with Crippen molar-refractivity contribution in [3.05, 3.63) is 48.3 Å². The maximum Gasteiger partial charge on any atom is 0.248 e. The summed E-state index contributed by atoms with van der Waals surface area (Å²) in [6, 6.07) is 5.22. The van der Waals surface area contributed by atoms with Crippen molar-refractivity contribution >= 4 is 22.3 Å². The molecule has 5 nitrogen and oxygen atoms in total. The van der Waals surface area contributed by atoms with E-state index in [4.69, 9.17) is 0 Å². The third kappa shape index (κ3) is 1.31. The fraction of sp³-hybridized carbons (Fsp3) is 0. The first-order valence-electron chi connectivity index (χ1n) is 4.61. The number of aromatic nitrogens is 4. The molecule has 0 unspecified atom stereocenters. The quantitative estimate of drug-likeness (QED) is 0.625. The second-order valence-electron chi connectivity index (χ2n) is 3.13. The number of imidazole rings is 1. The Morgan fingerprint density at radius 2 is 2.19 bits per heavy atom. The number of nitrogens with zero attached hydrogens (tertiary/aromatic N) is 4. The van der Waals surface area contributed by atoms with Gasteiger partial charge in [-0.3, -0.25) is 14.2 Å². The first-order valence-corrected chi connectivity index (χ1v) is 5.38. The minimum atomic E-state index is -0.190. The van der Waals surface area contributed by atoms with Gasteiger partial charge in [-0.05, 0) is 12.1 Å². The monoisotopic (exact) mass is 230 g/mol. The third-order valence-electron chi connectivity index (χ3n) is 2.15. The fourth-order valence-corrected chi connectivity index (χ4v) is 2.09. The van der Waals surface area contributed by atoms with Gasteiger partial charge < -0.3 is 0 Å². The molecule has 3 heterocycles. The summed E-state index contributed by atoms with van der Waals surface area (Å²) in [4.78, 5) is 20.8. The van der Waals surface area contributed by atoms with E-state index in [0.717, 1.165) is 0 Å². The maximum absolute atomic E-state index is 12.1. The molecule has 0 atom stereocenters. The molecule has 0 amide bonds. The third-order valence-corrected chi connectivity index (χ3v) is 2.88. The molecule has 0 spiro atoms. The zero-order valence-corrected chi connectivity index (χ0v) is 8.89. The smallest absolute Gasteiger partial charge is 0.248 e. The zero-order chi connectivity index (χ0) is 11.0. The Hall–Kier alpha value is -2.08. The van der Waals surface area contributed by atoms with E-state index in [1.165, 1.54) is 11.5 Å². The Morgan fingerprint density at radius 3 is 3.00 bits per heavy atom. The normalized spacial score (nSPS) is 10.8. The van der Waals surface area contributed by atoms with Crippen LogP contribution in [0.25, 0.3) is 4.96 Å². The van der Waals surface area contributed by atoms with Gasteiger partial charge in [0, 0.05) is 30.1 Å². The van der Waals surface area contributed by atoms with Gasteiger partial charge in [0.15, 0.2) is 0 Å². The summed E-state index contributed by atoms with van der Waals surface area (Å²) in [5, 5.41) is 0. The van der Waals surface area contributed by atoms with Gasteiger partial charge in [0.1, 0.15) is 5.69 Å². The summed E-state index contributed by atoms with van der Waals surface area (Å²) in [6.07, 6.45) is 4.95. The molecule has 0 saturated heterocycles. The largest absolute Gasteiger partial charge is 0.283 e. The van der Waals surface area contributed by atoms with Crippen LogP contribution >= 0.6 is 11.5 Å². The molecule has 0 fully saturated rings. The van der Waals surface area contributed by atoms with Crippen molar-refractivity contribution in [2.75, 3.05) is 0 Å². The number of ketones is 1. The van der Waals surface area contributed by atoms with E-state index in [0.29, 0.717) is 16.5 Å². The van der Waals surface area contributed by atoms with Gasteiger partial charge in [-0.15, -0.1) is 0 Å². The molecule has 0 bridgehead atoms. The molecule has 3 rings (SSSR count). The Bertz CT molecular complexity index is 643. The van der Waals surface area contributed by atoms with Crippen LogP contribution in [-0.4, -0.2) is 24.5 Å². The average Bonchev–Trinajstić information content (AvgIpc) is 2.91. The number of hydrogen-bond acceptors (Lipinski definition) is 5. The molecule has 3 aromatic rings. The van der Waals surface area contributed by atoms with Crippen LogP contribution in [0.15, 0.2) is 36.8 Å². The van der Waals surface area contributed by atoms with Gasteiger partial charge in [0.05, 0.1) is 0 Å². The molecule has 0 radical (unpaired) electrons. The second-order valence-corrected chi connectivity index (χ2v) is 3.86. The molecular formula is C10H6N4OS. The summed E-state index contributed by atoms with van der Waals surface area (Å²) in [6.45, 7) is 0. The molecule has 0 saturated carbocycles. The Morgan fingerprint density at radius 1 is 1.25 bits per heavy atom. The van der Waals surface area contributed by atoms with Crippen LogP contribution in [0, 0.1) is 0 Å². The van der Waals surface area contributed by atoms with Gasteiger partial charge in [-0.1, -0.05) is 6.07 Å². The zero-order valence-electron chi connectivity index (χ0n) is 8.07. The van der Waals surface area contributed by atoms with Crippen molar-refractivity contribution in [1.82, 2.24) is 18.7 Å². The van der Waals surface area contributed by atoms with Crippen molar-refractivity contribution in [3.8, 4) is 0 Å². The lowest BCUT2D eigenvalue weighted by Gasteiger charge is -1.95. The highest BCUT2D eigenvalue weighted by Crippen LogP contribution is 2.12. The van der Waals surface area contributed by atoms with E-state index in [1.54, 1.807) is 41.2 Å². The van der Waals surface area contributed by atoms with Crippen LogP contribution in [0.3, 0.4) is 0 Å². The number of rotatable bonds is 2. The number of fused-ring (bicyclic) bond motifs is 1. The summed E-state index contributed by atoms with van der Waals surface area (Å²) in [5.74, 6) is 0.168. The summed E-state index contributed by atoms with van der Waals surface area (Å²) >= 11 is 1.20. The molecule has 6 heteroatoms. The number of carbonyl (C=O) groups excluding carboxylic acids is 1.